The monoisotopic (exact) mass is 290 g/mol. The van der Waals surface area contributed by atoms with Crippen molar-refractivity contribution in [3.8, 4) is 5.75 Å². The van der Waals surface area contributed by atoms with Crippen molar-refractivity contribution in [3.05, 3.63) is 40.9 Å². The molecule has 0 aliphatic carbocycles. The quantitative estimate of drug-likeness (QED) is 0.860. The molecule has 1 aromatic heterocycles. The first-order valence-corrected chi connectivity index (χ1v) is 6.82. The summed E-state index contributed by atoms with van der Waals surface area (Å²) in [5.74, 6) is 0.267. The van der Waals surface area contributed by atoms with Crippen molar-refractivity contribution in [3.63, 3.8) is 0 Å². The minimum Gasteiger partial charge on any atom is -0.484 e. The molecule has 6 heteroatoms. The number of Topliss-reactive ketones (excluding diaryl/α,β-unsaturated/α-hetero) is 1. The van der Waals surface area contributed by atoms with E-state index in [9.17, 15) is 9.59 Å². The van der Waals surface area contributed by atoms with Crippen LogP contribution in [0.25, 0.3) is 0 Å². The standard InChI is InChI=1S/C14H14N2O3S/c1-9-7-15-14(20-9)16-13(18)8-19-12-5-3-11(4-6-12)10(2)17/h3-7H,8H2,1-2H3,(H,15,16,18). The van der Waals surface area contributed by atoms with Gasteiger partial charge in [0, 0.05) is 16.6 Å². The van der Waals surface area contributed by atoms with Gasteiger partial charge in [-0.3, -0.25) is 14.9 Å². The van der Waals surface area contributed by atoms with Gasteiger partial charge < -0.3 is 4.74 Å². The number of rotatable bonds is 5. The minimum absolute atomic E-state index is 0.00608. The molecule has 0 saturated heterocycles. The van der Waals surface area contributed by atoms with E-state index in [0.717, 1.165) is 4.88 Å². The maximum absolute atomic E-state index is 11.6. The Bertz CT molecular complexity index is 620. The van der Waals surface area contributed by atoms with Crippen molar-refractivity contribution in [1.82, 2.24) is 4.98 Å². The van der Waals surface area contributed by atoms with E-state index in [1.807, 2.05) is 6.92 Å². The summed E-state index contributed by atoms with van der Waals surface area (Å²) in [6.07, 6.45) is 1.70. The second kappa shape index (κ2) is 6.29. The van der Waals surface area contributed by atoms with Gasteiger partial charge in [0.05, 0.1) is 0 Å². The number of ketones is 1. The van der Waals surface area contributed by atoms with Crippen LogP contribution in [-0.2, 0) is 4.79 Å². The van der Waals surface area contributed by atoms with E-state index in [2.05, 4.69) is 10.3 Å². The summed E-state index contributed by atoms with van der Waals surface area (Å²) in [7, 11) is 0. The Hall–Kier alpha value is -2.21. The van der Waals surface area contributed by atoms with Crippen molar-refractivity contribution in [2.24, 2.45) is 0 Å². The Kier molecular flexibility index (Phi) is 4.47. The highest BCUT2D eigenvalue weighted by Crippen LogP contribution is 2.16. The molecule has 1 heterocycles. The van der Waals surface area contributed by atoms with Crippen molar-refractivity contribution in [2.45, 2.75) is 13.8 Å². The van der Waals surface area contributed by atoms with Crippen LogP contribution in [-0.4, -0.2) is 23.3 Å². The van der Waals surface area contributed by atoms with Crippen LogP contribution in [0.2, 0.25) is 0 Å². The van der Waals surface area contributed by atoms with Gasteiger partial charge in [0.25, 0.3) is 5.91 Å². The molecule has 1 N–H and O–H groups in total. The van der Waals surface area contributed by atoms with Gasteiger partial charge in [0.15, 0.2) is 17.5 Å². The number of aryl methyl sites for hydroxylation is 1. The topological polar surface area (TPSA) is 68.3 Å². The van der Waals surface area contributed by atoms with E-state index < -0.39 is 0 Å². The molecule has 20 heavy (non-hydrogen) atoms. The molecule has 5 nitrogen and oxygen atoms in total. The lowest BCUT2D eigenvalue weighted by Gasteiger charge is -2.06. The summed E-state index contributed by atoms with van der Waals surface area (Å²) in [6, 6.07) is 6.66. The van der Waals surface area contributed by atoms with Crippen molar-refractivity contribution < 1.29 is 14.3 Å². The maximum Gasteiger partial charge on any atom is 0.264 e. The summed E-state index contributed by atoms with van der Waals surface area (Å²) in [6.45, 7) is 3.32. The van der Waals surface area contributed by atoms with Crippen LogP contribution in [0.3, 0.4) is 0 Å². The molecule has 104 valence electrons. The number of anilines is 1. The molecule has 0 radical (unpaired) electrons. The fourth-order valence-corrected chi connectivity index (χ4v) is 2.18. The number of benzene rings is 1. The highest BCUT2D eigenvalue weighted by Gasteiger charge is 2.06. The molecule has 2 aromatic rings. The van der Waals surface area contributed by atoms with Crippen LogP contribution in [0.1, 0.15) is 22.2 Å². The molecule has 0 atom stereocenters. The molecule has 0 unspecified atom stereocenters. The van der Waals surface area contributed by atoms with Gasteiger partial charge in [0.1, 0.15) is 5.75 Å². The molecular formula is C14H14N2O3S. The molecule has 0 spiro atoms. The van der Waals surface area contributed by atoms with Crippen molar-refractivity contribution in [1.29, 1.82) is 0 Å². The average molecular weight is 290 g/mol. The van der Waals surface area contributed by atoms with Crippen LogP contribution in [0.4, 0.5) is 5.13 Å². The number of carbonyl (C=O) groups excluding carboxylic acids is 2. The molecule has 2 rings (SSSR count). The SMILES string of the molecule is CC(=O)c1ccc(OCC(=O)Nc2ncc(C)s2)cc1. The number of thiazole rings is 1. The zero-order valence-electron chi connectivity index (χ0n) is 11.2. The summed E-state index contributed by atoms with van der Waals surface area (Å²) in [5, 5.41) is 3.21. The predicted octanol–water partition coefficient (Wildman–Crippen LogP) is 2.67. The Morgan fingerprint density at radius 3 is 2.55 bits per heavy atom. The second-order valence-electron chi connectivity index (χ2n) is 4.19. The number of hydrogen-bond acceptors (Lipinski definition) is 5. The first kappa shape index (κ1) is 14.2. The number of nitrogens with one attached hydrogen (secondary N) is 1. The second-order valence-corrected chi connectivity index (χ2v) is 5.43. The van der Waals surface area contributed by atoms with E-state index in [1.54, 1.807) is 30.5 Å². The van der Waals surface area contributed by atoms with Crippen LogP contribution >= 0.6 is 11.3 Å². The normalized spacial score (nSPS) is 10.1. The third-order valence-corrected chi connectivity index (χ3v) is 3.33. The lowest BCUT2D eigenvalue weighted by atomic mass is 10.1. The summed E-state index contributed by atoms with van der Waals surface area (Å²) in [4.78, 5) is 27.8. The number of ether oxygens (including phenoxy) is 1. The lowest BCUT2D eigenvalue weighted by molar-refractivity contribution is -0.118. The Labute approximate surface area is 120 Å². The van der Waals surface area contributed by atoms with Crippen LogP contribution in [0.5, 0.6) is 5.75 Å². The summed E-state index contributed by atoms with van der Waals surface area (Å²) < 4.78 is 5.34. The molecule has 0 fully saturated rings. The maximum atomic E-state index is 11.6. The largest absolute Gasteiger partial charge is 0.484 e. The summed E-state index contributed by atoms with van der Waals surface area (Å²) in [5.41, 5.74) is 0.611. The molecule has 0 aliphatic rings. The smallest absolute Gasteiger partial charge is 0.264 e. The zero-order chi connectivity index (χ0) is 14.5. The predicted molar refractivity (Wildman–Crippen MR) is 77.4 cm³/mol. The highest BCUT2D eigenvalue weighted by atomic mass is 32.1. The van der Waals surface area contributed by atoms with Crippen LogP contribution < -0.4 is 10.1 Å². The van der Waals surface area contributed by atoms with Gasteiger partial charge in [0.2, 0.25) is 0 Å². The first-order chi connectivity index (χ1) is 9.54. The molecule has 0 saturated carbocycles. The van der Waals surface area contributed by atoms with E-state index in [1.165, 1.54) is 18.3 Å². The number of nitrogens with zero attached hydrogens (tertiary/aromatic N) is 1. The van der Waals surface area contributed by atoms with Crippen molar-refractivity contribution >= 4 is 28.2 Å². The number of carbonyl (C=O) groups is 2. The van der Waals surface area contributed by atoms with Crippen LogP contribution in [0.15, 0.2) is 30.5 Å². The zero-order valence-corrected chi connectivity index (χ0v) is 12.0. The average Bonchev–Trinajstić information content (AvgIpc) is 2.82. The van der Waals surface area contributed by atoms with Gasteiger partial charge in [-0.25, -0.2) is 4.98 Å². The Balaban J connectivity index is 1.85. The van der Waals surface area contributed by atoms with E-state index in [-0.39, 0.29) is 18.3 Å². The van der Waals surface area contributed by atoms with Gasteiger partial charge >= 0.3 is 0 Å². The number of hydrogen-bond donors (Lipinski definition) is 1. The first-order valence-electron chi connectivity index (χ1n) is 6.00. The number of aromatic nitrogens is 1. The van der Waals surface area contributed by atoms with E-state index in [4.69, 9.17) is 4.74 Å². The van der Waals surface area contributed by atoms with Gasteiger partial charge in [-0.1, -0.05) is 0 Å². The molecule has 0 bridgehead atoms. The van der Waals surface area contributed by atoms with E-state index >= 15 is 0 Å². The highest BCUT2D eigenvalue weighted by molar-refractivity contribution is 7.15. The van der Waals surface area contributed by atoms with Gasteiger partial charge in [-0.15, -0.1) is 11.3 Å². The molecule has 1 aromatic carbocycles. The third kappa shape index (κ3) is 3.89. The number of amides is 1. The fraction of sp³-hybridized carbons (Fsp3) is 0.214. The lowest BCUT2D eigenvalue weighted by Crippen LogP contribution is -2.19. The molecule has 0 aliphatic heterocycles. The minimum atomic E-state index is -0.269. The Morgan fingerprint density at radius 1 is 1.30 bits per heavy atom. The van der Waals surface area contributed by atoms with Crippen LogP contribution in [0, 0.1) is 6.92 Å². The van der Waals surface area contributed by atoms with Gasteiger partial charge in [-0.2, -0.15) is 0 Å². The van der Waals surface area contributed by atoms with Crippen molar-refractivity contribution in [2.75, 3.05) is 11.9 Å². The third-order valence-electron chi connectivity index (χ3n) is 2.50. The summed E-state index contributed by atoms with van der Waals surface area (Å²) >= 11 is 1.41. The Morgan fingerprint density at radius 2 is 2.00 bits per heavy atom. The van der Waals surface area contributed by atoms with E-state index in [0.29, 0.717) is 16.4 Å². The molecular weight excluding hydrogens is 276 g/mol. The molecule has 1 amide bonds. The fourth-order valence-electron chi connectivity index (χ4n) is 1.50. The van der Waals surface area contributed by atoms with Gasteiger partial charge in [-0.05, 0) is 38.1 Å².